The maximum atomic E-state index is 14.4. The average molecular weight is 795 g/mol. The van der Waals surface area contributed by atoms with Crippen LogP contribution in [0.5, 0.6) is 0 Å². The Morgan fingerprint density at radius 2 is 1.50 bits per heavy atom. The van der Waals surface area contributed by atoms with E-state index in [0.29, 0.717) is 44.9 Å². The highest BCUT2D eigenvalue weighted by molar-refractivity contribution is 5.79. The molecule has 0 aromatic rings. The Hall–Kier alpha value is -2.02. The van der Waals surface area contributed by atoms with Crippen molar-refractivity contribution in [3.63, 3.8) is 0 Å². The third-order valence-electron chi connectivity index (χ3n) is 16.7. The third-order valence-corrected chi connectivity index (χ3v) is 16.7. The van der Waals surface area contributed by atoms with Crippen molar-refractivity contribution in [2.24, 2.45) is 44.8 Å². The van der Waals surface area contributed by atoms with Gasteiger partial charge in [-0.05, 0) is 92.3 Å². The van der Waals surface area contributed by atoms with Crippen molar-refractivity contribution in [2.45, 2.75) is 159 Å². The molecule has 9 N–H and O–H groups in total. The molecule has 56 heavy (non-hydrogen) atoms. The number of rotatable bonds is 7. The van der Waals surface area contributed by atoms with E-state index < -0.39 is 96.9 Å². The summed E-state index contributed by atoms with van der Waals surface area (Å²) in [6, 6.07) is 0. The molecule has 15 heteroatoms. The van der Waals surface area contributed by atoms with Gasteiger partial charge >= 0.3 is 11.9 Å². The molecule has 0 amide bonds. The van der Waals surface area contributed by atoms with Crippen molar-refractivity contribution < 1.29 is 74.5 Å². The van der Waals surface area contributed by atoms with Crippen molar-refractivity contribution in [1.82, 2.24) is 0 Å². The monoisotopic (exact) mass is 794 g/mol. The summed E-state index contributed by atoms with van der Waals surface area (Å²) in [5.41, 5.74) is -0.307. The van der Waals surface area contributed by atoms with Crippen LogP contribution in [0.3, 0.4) is 0 Å². The van der Waals surface area contributed by atoms with Crippen molar-refractivity contribution in [3.05, 3.63) is 23.8 Å². The molecule has 15 nitrogen and oxygen atoms in total. The summed E-state index contributed by atoms with van der Waals surface area (Å²) in [6.45, 7) is 12.4. The zero-order chi connectivity index (χ0) is 40.9. The Labute approximate surface area is 327 Å². The second kappa shape index (κ2) is 14.6. The Morgan fingerprint density at radius 1 is 0.821 bits per heavy atom. The summed E-state index contributed by atoms with van der Waals surface area (Å²) in [6.07, 6.45) is -8.27. The second-order valence-corrected chi connectivity index (χ2v) is 19.1. The molecule has 19 atom stereocenters. The number of aliphatic hydroxyl groups is 8. The minimum absolute atomic E-state index is 0.0347. The Balaban J connectivity index is 1.16. The number of allylic oxidation sites excluding steroid dienone is 3. The molecule has 0 spiro atoms. The lowest BCUT2D eigenvalue weighted by Crippen LogP contribution is -2.67. The molecule has 2 aliphatic heterocycles. The van der Waals surface area contributed by atoms with E-state index in [1.165, 1.54) is 5.57 Å². The fourth-order valence-corrected chi connectivity index (χ4v) is 13.1. The van der Waals surface area contributed by atoms with Gasteiger partial charge in [-0.15, -0.1) is 0 Å². The number of carbonyl (C=O) groups excluding carboxylic acids is 1. The number of fused-ring (bicyclic) bond motifs is 7. The summed E-state index contributed by atoms with van der Waals surface area (Å²) in [5.74, 6) is -2.11. The van der Waals surface area contributed by atoms with Crippen LogP contribution in [0.4, 0.5) is 0 Å². The number of hydrogen-bond donors (Lipinski definition) is 9. The molecule has 5 aliphatic carbocycles. The first-order chi connectivity index (χ1) is 26.2. The number of esters is 1. The Kier molecular flexibility index (Phi) is 11.0. The number of aliphatic hydroxyl groups excluding tert-OH is 8. The highest BCUT2D eigenvalue weighted by Gasteiger charge is 2.70. The minimum Gasteiger partial charge on any atom is -0.479 e. The summed E-state index contributed by atoms with van der Waals surface area (Å²) < 4.78 is 23.3. The van der Waals surface area contributed by atoms with Crippen LogP contribution in [-0.4, -0.2) is 139 Å². The molecule has 7 rings (SSSR count). The second-order valence-electron chi connectivity index (χ2n) is 19.1. The molecule has 2 saturated heterocycles. The molecular weight excluding hydrogens is 732 g/mol. The first-order valence-corrected chi connectivity index (χ1v) is 20.3. The molecule has 0 radical (unpaired) electrons. The van der Waals surface area contributed by atoms with E-state index in [-0.39, 0.29) is 40.6 Å². The van der Waals surface area contributed by atoms with Gasteiger partial charge in [-0.1, -0.05) is 51.5 Å². The van der Waals surface area contributed by atoms with Crippen LogP contribution in [0.15, 0.2) is 23.8 Å². The highest BCUT2D eigenvalue weighted by Crippen LogP contribution is 2.75. The van der Waals surface area contributed by atoms with Gasteiger partial charge in [0, 0.05) is 11.3 Å². The number of carboxylic acids is 1. The van der Waals surface area contributed by atoms with E-state index in [2.05, 4.69) is 33.4 Å². The Morgan fingerprint density at radius 3 is 2.16 bits per heavy atom. The molecule has 0 aromatic heterocycles. The van der Waals surface area contributed by atoms with E-state index in [9.17, 15) is 55.5 Å². The minimum atomic E-state index is -1.84. The fraction of sp³-hybridized carbons (Fsp3) is 0.854. The predicted octanol–water partition coefficient (Wildman–Crippen LogP) is 0.911. The van der Waals surface area contributed by atoms with Crippen molar-refractivity contribution in [1.29, 1.82) is 0 Å². The summed E-state index contributed by atoms with van der Waals surface area (Å²) in [7, 11) is 0. The van der Waals surface area contributed by atoms with Gasteiger partial charge in [-0.2, -0.15) is 0 Å². The predicted molar refractivity (Wildman–Crippen MR) is 195 cm³/mol. The van der Waals surface area contributed by atoms with E-state index in [1.807, 2.05) is 6.92 Å². The van der Waals surface area contributed by atoms with Crippen LogP contribution >= 0.6 is 0 Å². The summed E-state index contributed by atoms with van der Waals surface area (Å²) in [4.78, 5) is 26.2. The lowest BCUT2D eigenvalue weighted by molar-refractivity contribution is -0.327. The third kappa shape index (κ3) is 6.01. The zero-order valence-electron chi connectivity index (χ0n) is 32.8. The molecule has 2 heterocycles. The maximum Gasteiger partial charge on any atom is 0.335 e. The van der Waals surface area contributed by atoms with Gasteiger partial charge in [0.05, 0.1) is 24.7 Å². The van der Waals surface area contributed by atoms with E-state index in [0.717, 1.165) is 24.8 Å². The van der Waals surface area contributed by atoms with E-state index in [4.69, 9.17) is 18.9 Å². The normalized spacial score (nSPS) is 53.1. The molecule has 4 saturated carbocycles. The fourth-order valence-electron chi connectivity index (χ4n) is 13.1. The van der Waals surface area contributed by atoms with Crippen molar-refractivity contribution in [3.8, 4) is 0 Å². The SMILES string of the molecule is C=C1CC[C@]2(C(=O)O[C@@H]3O[C@H](CO)[C@@H](O)[C@H](O)[C@H]3O)CC[C@]3(C)C(=CCC4[C@@]5(C)CC[C@H](O[C@@H]6O[C@H](C(=O)O)[C@@H](O)[C@H](O)[C@H]6O)[C@@](C)(CO)[C@@H]5CC[C@]43C)[C@@H]2C1. The summed E-state index contributed by atoms with van der Waals surface area (Å²) >= 11 is 0. The first kappa shape index (κ1) is 42.1. The number of aliphatic carboxylic acids is 1. The quantitative estimate of drug-likeness (QED) is 0.0987. The largest absolute Gasteiger partial charge is 0.479 e. The lowest BCUT2D eigenvalue weighted by Gasteiger charge is -2.71. The zero-order valence-corrected chi connectivity index (χ0v) is 32.8. The number of carboxylic acid groups (broad SMARTS) is 1. The van der Waals surface area contributed by atoms with E-state index >= 15 is 0 Å². The summed E-state index contributed by atoms with van der Waals surface area (Å²) in [5, 5.41) is 93.3. The molecule has 316 valence electrons. The van der Waals surface area contributed by atoms with Crippen LogP contribution in [0.25, 0.3) is 0 Å². The van der Waals surface area contributed by atoms with Crippen LogP contribution < -0.4 is 0 Å². The number of hydrogen-bond acceptors (Lipinski definition) is 14. The lowest BCUT2D eigenvalue weighted by atomic mass is 9.34. The molecule has 6 fully saturated rings. The van der Waals surface area contributed by atoms with Crippen LogP contribution in [0.1, 0.15) is 91.9 Å². The van der Waals surface area contributed by atoms with Gasteiger partial charge in [0.2, 0.25) is 6.29 Å². The molecule has 0 aromatic carbocycles. The van der Waals surface area contributed by atoms with Crippen molar-refractivity contribution in [2.75, 3.05) is 13.2 Å². The van der Waals surface area contributed by atoms with Gasteiger partial charge in [-0.25, -0.2) is 4.79 Å². The standard InChI is InChI=1S/C41H62O15/c1-19-8-13-41(36(52)56-34-30(48)27(45)26(44)22(17-42)53-34)15-14-39(4)20(21(41)16-19)6-7-24-37(2)11-10-25(38(3,18-43)23(37)9-12-40(24,39)5)54-35-31(49)28(46)29(47)32(55-35)33(50)51/h6,21-32,34-35,42-49H,1,7-18H2,2-5H3,(H,50,51)/t21-,22+,23+,24?,25-,26+,27-,28-,29-,30+,31+,32-,34-,35+,37-,38-,39+,40+,41-/m0/s1. The molecular formula is C41H62O15. The van der Waals surface area contributed by atoms with Gasteiger partial charge in [0.15, 0.2) is 12.4 Å². The first-order valence-electron chi connectivity index (χ1n) is 20.3. The topological polar surface area (TPSA) is 253 Å². The Bertz CT molecular complexity index is 1580. The maximum absolute atomic E-state index is 14.4. The molecule has 0 bridgehead atoms. The van der Waals surface area contributed by atoms with E-state index in [1.54, 1.807) is 0 Å². The molecule has 1 unspecified atom stereocenters. The van der Waals surface area contributed by atoms with Crippen LogP contribution in [0, 0.1) is 44.8 Å². The van der Waals surface area contributed by atoms with Crippen molar-refractivity contribution >= 4 is 11.9 Å². The number of carbonyl (C=O) groups is 2. The molecule has 7 aliphatic rings. The number of ether oxygens (including phenoxy) is 4. The average Bonchev–Trinajstić information content (AvgIpc) is 3.16. The van der Waals surface area contributed by atoms with Crippen LogP contribution in [0.2, 0.25) is 0 Å². The smallest absolute Gasteiger partial charge is 0.335 e. The van der Waals surface area contributed by atoms with Gasteiger partial charge in [-0.3, -0.25) is 4.79 Å². The van der Waals surface area contributed by atoms with Gasteiger partial charge in [0.25, 0.3) is 0 Å². The van der Waals surface area contributed by atoms with Gasteiger partial charge < -0.3 is 64.9 Å². The highest BCUT2D eigenvalue weighted by atomic mass is 16.7. The van der Waals surface area contributed by atoms with Crippen LogP contribution in [-0.2, 0) is 28.5 Å². The van der Waals surface area contributed by atoms with Gasteiger partial charge in [0.1, 0.15) is 42.7 Å².